The highest BCUT2D eigenvalue weighted by Gasteiger charge is 2.14. The zero-order valence-corrected chi connectivity index (χ0v) is 16.8. The smallest absolute Gasteiger partial charge is 0.259 e. The molecule has 25 heavy (non-hydrogen) atoms. The third kappa shape index (κ3) is 5.20. The van der Waals surface area contributed by atoms with Crippen molar-refractivity contribution in [2.75, 3.05) is 19.0 Å². The lowest BCUT2D eigenvalue weighted by molar-refractivity contribution is -0.119. The number of hydrogen-bond acceptors (Lipinski definition) is 5. The van der Waals surface area contributed by atoms with Gasteiger partial charge in [0.15, 0.2) is 11.5 Å². The highest BCUT2D eigenvalue weighted by Crippen LogP contribution is 2.39. The number of anilines is 1. The third-order valence-corrected chi connectivity index (χ3v) is 5.28. The summed E-state index contributed by atoms with van der Waals surface area (Å²) in [6, 6.07) is 9.34. The van der Waals surface area contributed by atoms with Crippen molar-refractivity contribution in [2.24, 2.45) is 5.10 Å². The number of benzene rings is 2. The van der Waals surface area contributed by atoms with Crippen LogP contribution >= 0.6 is 31.9 Å². The van der Waals surface area contributed by atoms with Crippen LogP contribution in [0.2, 0.25) is 0 Å². The van der Waals surface area contributed by atoms with E-state index in [9.17, 15) is 9.90 Å². The van der Waals surface area contributed by atoms with E-state index in [1.165, 1.54) is 13.3 Å². The number of halogens is 2. The number of methoxy groups -OCH3 is 1. The minimum Gasteiger partial charge on any atom is -0.504 e. The number of amides is 1. The van der Waals surface area contributed by atoms with Crippen LogP contribution in [0.4, 0.5) is 5.69 Å². The molecule has 8 heteroatoms. The van der Waals surface area contributed by atoms with Gasteiger partial charge in [0, 0.05) is 14.6 Å². The summed E-state index contributed by atoms with van der Waals surface area (Å²) >= 11 is 6.70. The molecule has 0 saturated heterocycles. The molecule has 2 rings (SSSR count). The first-order valence-electron chi connectivity index (χ1n) is 7.29. The number of rotatable bonds is 6. The van der Waals surface area contributed by atoms with Crippen LogP contribution in [0.3, 0.4) is 0 Å². The number of hydrazone groups is 1. The average molecular weight is 471 g/mol. The van der Waals surface area contributed by atoms with Gasteiger partial charge in [-0.15, -0.1) is 0 Å². The lowest BCUT2D eigenvalue weighted by Crippen LogP contribution is -2.25. The predicted octanol–water partition coefficient (Wildman–Crippen LogP) is 3.80. The van der Waals surface area contributed by atoms with E-state index in [0.717, 1.165) is 11.3 Å². The van der Waals surface area contributed by atoms with Crippen molar-refractivity contribution < 1.29 is 14.6 Å². The highest BCUT2D eigenvalue weighted by atomic mass is 79.9. The molecule has 2 aromatic rings. The van der Waals surface area contributed by atoms with Crippen molar-refractivity contribution in [3.05, 3.63) is 50.4 Å². The van der Waals surface area contributed by atoms with Gasteiger partial charge in [-0.2, -0.15) is 5.10 Å². The number of phenols is 1. The molecule has 0 aromatic heterocycles. The summed E-state index contributed by atoms with van der Waals surface area (Å²) in [5.74, 6) is -0.0900. The molecule has 0 fully saturated rings. The average Bonchev–Trinajstić information content (AvgIpc) is 2.59. The standard InChI is InChI=1S/C17H17Br2N3O3/c1-10-4-3-5-11(6-10)20-9-15(23)22-21-8-12-16(19)13(18)7-14(25-2)17(12)24/h3-8,20,24H,9H2,1-2H3,(H,22,23). The number of nitrogens with one attached hydrogen (secondary N) is 2. The number of nitrogens with zero attached hydrogens (tertiary/aromatic N) is 1. The number of aryl methyl sites for hydroxylation is 1. The van der Waals surface area contributed by atoms with Crippen LogP contribution in [-0.2, 0) is 4.79 Å². The van der Waals surface area contributed by atoms with Crippen molar-refractivity contribution in [3.63, 3.8) is 0 Å². The van der Waals surface area contributed by atoms with Crippen molar-refractivity contribution in [1.82, 2.24) is 5.43 Å². The second-order valence-electron chi connectivity index (χ2n) is 5.15. The van der Waals surface area contributed by atoms with E-state index >= 15 is 0 Å². The quantitative estimate of drug-likeness (QED) is 0.443. The maximum Gasteiger partial charge on any atom is 0.259 e. The van der Waals surface area contributed by atoms with E-state index in [1.807, 2.05) is 31.2 Å². The van der Waals surface area contributed by atoms with Gasteiger partial charge in [0.05, 0.1) is 25.4 Å². The number of carbonyl (C=O) groups is 1. The fourth-order valence-electron chi connectivity index (χ4n) is 2.03. The van der Waals surface area contributed by atoms with Crippen molar-refractivity contribution in [1.29, 1.82) is 0 Å². The molecule has 132 valence electrons. The van der Waals surface area contributed by atoms with E-state index in [0.29, 0.717) is 20.3 Å². The number of ether oxygens (including phenoxy) is 1. The Hall–Kier alpha value is -2.06. The van der Waals surface area contributed by atoms with E-state index in [-0.39, 0.29) is 18.2 Å². The lowest BCUT2D eigenvalue weighted by atomic mass is 10.2. The van der Waals surface area contributed by atoms with Gasteiger partial charge in [-0.1, -0.05) is 12.1 Å². The van der Waals surface area contributed by atoms with Crippen LogP contribution in [0, 0.1) is 6.92 Å². The summed E-state index contributed by atoms with van der Waals surface area (Å²) in [6.45, 7) is 2.06. The summed E-state index contributed by atoms with van der Waals surface area (Å²) in [7, 11) is 1.45. The Bertz CT molecular complexity index is 810. The zero-order valence-electron chi connectivity index (χ0n) is 13.6. The molecule has 1 amide bonds. The Morgan fingerprint density at radius 2 is 2.12 bits per heavy atom. The van der Waals surface area contributed by atoms with E-state index in [1.54, 1.807) is 6.07 Å². The van der Waals surface area contributed by atoms with E-state index in [2.05, 4.69) is 47.7 Å². The topological polar surface area (TPSA) is 83.0 Å². The summed E-state index contributed by atoms with van der Waals surface area (Å²) in [6.07, 6.45) is 1.34. The molecule has 0 spiro atoms. The Kier molecular flexibility index (Phi) is 6.83. The molecule has 0 aliphatic carbocycles. The molecule has 6 nitrogen and oxygen atoms in total. The van der Waals surface area contributed by atoms with E-state index in [4.69, 9.17) is 4.74 Å². The maximum atomic E-state index is 11.9. The Morgan fingerprint density at radius 3 is 2.80 bits per heavy atom. The second kappa shape index (κ2) is 8.87. The van der Waals surface area contributed by atoms with E-state index < -0.39 is 0 Å². The first kappa shape index (κ1) is 19.3. The summed E-state index contributed by atoms with van der Waals surface area (Å²) in [5.41, 5.74) is 4.76. The molecule has 3 N–H and O–H groups in total. The van der Waals surface area contributed by atoms with Gasteiger partial charge in [-0.25, -0.2) is 5.43 Å². The second-order valence-corrected chi connectivity index (χ2v) is 6.80. The van der Waals surface area contributed by atoms with Gasteiger partial charge in [0.1, 0.15) is 0 Å². The minimum absolute atomic E-state index is 0.0755. The van der Waals surface area contributed by atoms with Crippen LogP contribution < -0.4 is 15.5 Å². The lowest BCUT2D eigenvalue weighted by Gasteiger charge is -2.10. The first-order valence-corrected chi connectivity index (χ1v) is 8.88. The Morgan fingerprint density at radius 1 is 1.36 bits per heavy atom. The molecule has 0 saturated carbocycles. The van der Waals surface area contributed by atoms with Gasteiger partial charge in [0.25, 0.3) is 5.91 Å². The molecule has 0 aliphatic heterocycles. The third-order valence-electron chi connectivity index (χ3n) is 3.27. The number of hydrogen-bond donors (Lipinski definition) is 3. The van der Waals surface area contributed by atoms with Crippen LogP contribution in [-0.4, -0.2) is 30.9 Å². The summed E-state index contributed by atoms with van der Waals surface area (Å²) in [5, 5.41) is 17.0. The maximum absolute atomic E-state index is 11.9. The molecular weight excluding hydrogens is 454 g/mol. The number of carbonyl (C=O) groups excluding carboxylic acids is 1. The van der Waals surface area contributed by atoms with Crippen molar-refractivity contribution in [3.8, 4) is 11.5 Å². The first-order chi connectivity index (χ1) is 11.9. The zero-order chi connectivity index (χ0) is 18.4. The largest absolute Gasteiger partial charge is 0.504 e. The van der Waals surface area contributed by atoms with Gasteiger partial charge in [-0.05, 0) is 62.5 Å². The molecule has 0 aliphatic rings. The van der Waals surface area contributed by atoms with Crippen LogP contribution in [0.1, 0.15) is 11.1 Å². The Labute approximate surface area is 162 Å². The van der Waals surface area contributed by atoms with Gasteiger partial charge in [0.2, 0.25) is 0 Å². The highest BCUT2D eigenvalue weighted by molar-refractivity contribution is 9.13. The number of phenolic OH excluding ortho intramolecular Hbond substituents is 1. The van der Waals surface area contributed by atoms with Crippen molar-refractivity contribution >= 4 is 49.7 Å². The molecule has 0 heterocycles. The van der Waals surface area contributed by atoms with Crippen LogP contribution in [0.25, 0.3) is 0 Å². The molecule has 0 unspecified atom stereocenters. The molecule has 0 bridgehead atoms. The molecule has 2 aromatic carbocycles. The fourth-order valence-corrected chi connectivity index (χ4v) is 2.86. The summed E-state index contributed by atoms with van der Waals surface area (Å²) < 4.78 is 6.38. The predicted molar refractivity (Wildman–Crippen MR) is 105 cm³/mol. The van der Waals surface area contributed by atoms with Crippen LogP contribution in [0.15, 0.2) is 44.4 Å². The van der Waals surface area contributed by atoms with Crippen molar-refractivity contribution in [2.45, 2.75) is 6.92 Å². The van der Waals surface area contributed by atoms with Gasteiger partial charge < -0.3 is 15.2 Å². The SMILES string of the molecule is COc1cc(Br)c(Br)c(C=NNC(=O)CNc2cccc(C)c2)c1O. The van der Waals surface area contributed by atoms with Crippen LogP contribution in [0.5, 0.6) is 11.5 Å². The monoisotopic (exact) mass is 469 g/mol. The normalized spacial score (nSPS) is 10.7. The molecular formula is C17H17Br2N3O3. The molecule has 0 atom stereocenters. The summed E-state index contributed by atoms with van der Waals surface area (Å²) in [4.78, 5) is 11.9. The minimum atomic E-state index is -0.310. The fraction of sp³-hybridized carbons (Fsp3) is 0.176. The Balaban J connectivity index is 1.99. The number of aromatic hydroxyl groups is 1. The van der Waals surface area contributed by atoms with Gasteiger partial charge >= 0.3 is 0 Å². The van der Waals surface area contributed by atoms with Gasteiger partial charge in [-0.3, -0.25) is 4.79 Å². The molecule has 0 radical (unpaired) electrons.